The molecule has 0 spiro atoms. The SMILES string of the molecule is CC1=C(C(=O)OCc2ccccc2)C(c2ccccc2-c2cccc(N)c2)n2nnnc2N1. The molecule has 0 bridgehead atoms. The first-order valence-corrected chi connectivity index (χ1v) is 10.5. The Kier molecular flexibility index (Phi) is 5.32. The maximum atomic E-state index is 13.4. The van der Waals surface area contributed by atoms with Gasteiger partial charge >= 0.3 is 5.97 Å². The van der Waals surface area contributed by atoms with E-state index in [-0.39, 0.29) is 6.61 Å². The van der Waals surface area contributed by atoms with Crippen LogP contribution < -0.4 is 11.1 Å². The molecule has 8 nitrogen and oxygen atoms in total. The van der Waals surface area contributed by atoms with Crippen LogP contribution in [-0.4, -0.2) is 26.2 Å². The third-order valence-electron chi connectivity index (χ3n) is 5.60. The zero-order valence-corrected chi connectivity index (χ0v) is 18.0. The molecule has 1 unspecified atom stereocenters. The number of tetrazole rings is 1. The number of nitrogens with two attached hydrogens (primary N) is 1. The standard InChI is InChI=1S/C25H22N6O2/c1-16-22(24(32)33-15-17-8-3-2-4-9-17)23(31-25(27-16)28-29-30-31)21-13-6-5-12-20(21)18-10-7-11-19(26)14-18/h2-14,23H,15,26H2,1H3,(H,27,28,30). The minimum Gasteiger partial charge on any atom is -0.457 e. The van der Waals surface area contributed by atoms with Crippen molar-refractivity contribution >= 4 is 17.6 Å². The average molecular weight is 438 g/mol. The van der Waals surface area contributed by atoms with Crippen molar-refractivity contribution in [1.82, 2.24) is 20.2 Å². The largest absolute Gasteiger partial charge is 0.457 e. The summed E-state index contributed by atoms with van der Waals surface area (Å²) in [4.78, 5) is 13.4. The van der Waals surface area contributed by atoms with Crippen molar-refractivity contribution in [2.45, 2.75) is 19.6 Å². The Hall–Kier alpha value is -4.46. The van der Waals surface area contributed by atoms with Crippen LogP contribution >= 0.6 is 0 Å². The molecule has 0 amide bonds. The molecule has 5 rings (SSSR count). The van der Waals surface area contributed by atoms with E-state index in [1.165, 1.54) is 0 Å². The summed E-state index contributed by atoms with van der Waals surface area (Å²) in [7, 11) is 0. The lowest BCUT2D eigenvalue weighted by atomic mass is 9.89. The summed E-state index contributed by atoms with van der Waals surface area (Å²) in [5.41, 5.74) is 11.4. The van der Waals surface area contributed by atoms with Gasteiger partial charge in [0.2, 0.25) is 5.95 Å². The zero-order valence-electron chi connectivity index (χ0n) is 18.0. The Labute approximate surface area is 190 Å². The highest BCUT2D eigenvalue weighted by Crippen LogP contribution is 2.39. The molecule has 0 saturated heterocycles. The van der Waals surface area contributed by atoms with Gasteiger partial charge in [-0.2, -0.15) is 4.68 Å². The van der Waals surface area contributed by atoms with Gasteiger partial charge in [-0.3, -0.25) is 0 Å². The number of rotatable bonds is 5. The van der Waals surface area contributed by atoms with Gasteiger partial charge in [0, 0.05) is 11.4 Å². The van der Waals surface area contributed by atoms with Gasteiger partial charge in [-0.25, -0.2) is 4.79 Å². The maximum absolute atomic E-state index is 13.4. The molecule has 3 N–H and O–H groups in total. The van der Waals surface area contributed by atoms with Gasteiger partial charge in [-0.05, 0) is 51.7 Å². The van der Waals surface area contributed by atoms with Crippen LogP contribution in [0.3, 0.4) is 0 Å². The number of fused-ring (bicyclic) bond motifs is 1. The van der Waals surface area contributed by atoms with Crippen LogP contribution in [0.5, 0.6) is 0 Å². The third kappa shape index (κ3) is 3.94. The van der Waals surface area contributed by atoms with Crippen LogP contribution in [0.4, 0.5) is 11.6 Å². The second-order valence-corrected chi connectivity index (χ2v) is 7.79. The fourth-order valence-corrected chi connectivity index (χ4v) is 4.07. The Morgan fingerprint density at radius 1 is 1.06 bits per heavy atom. The van der Waals surface area contributed by atoms with E-state index in [1.807, 2.05) is 85.8 Å². The van der Waals surface area contributed by atoms with Crippen molar-refractivity contribution in [3.63, 3.8) is 0 Å². The minimum atomic E-state index is -0.572. The van der Waals surface area contributed by atoms with Gasteiger partial charge in [0.25, 0.3) is 0 Å². The second-order valence-electron chi connectivity index (χ2n) is 7.79. The van der Waals surface area contributed by atoms with Gasteiger partial charge in [0.1, 0.15) is 12.6 Å². The number of esters is 1. The molecule has 3 aromatic carbocycles. The first-order valence-electron chi connectivity index (χ1n) is 10.5. The van der Waals surface area contributed by atoms with Crippen molar-refractivity contribution in [2.24, 2.45) is 0 Å². The predicted octanol–water partition coefficient (Wildman–Crippen LogP) is 3.95. The fourth-order valence-electron chi connectivity index (χ4n) is 4.07. The number of carbonyl (C=O) groups excluding carboxylic acids is 1. The lowest BCUT2D eigenvalue weighted by Crippen LogP contribution is -2.30. The molecule has 0 aliphatic carbocycles. The van der Waals surface area contributed by atoms with E-state index in [0.717, 1.165) is 22.3 Å². The van der Waals surface area contributed by atoms with Gasteiger partial charge < -0.3 is 15.8 Å². The Morgan fingerprint density at radius 2 is 1.85 bits per heavy atom. The van der Waals surface area contributed by atoms with Crippen molar-refractivity contribution in [1.29, 1.82) is 0 Å². The normalized spacial score (nSPS) is 15.0. The molecule has 2 heterocycles. The van der Waals surface area contributed by atoms with Gasteiger partial charge in [0.05, 0.1) is 5.57 Å². The Morgan fingerprint density at radius 3 is 2.67 bits per heavy atom. The average Bonchev–Trinajstić information content (AvgIpc) is 3.30. The van der Waals surface area contributed by atoms with Crippen molar-refractivity contribution < 1.29 is 9.53 Å². The molecule has 1 aliphatic rings. The molecule has 4 aromatic rings. The number of nitrogens with zero attached hydrogens (tertiary/aromatic N) is 4. The summed E-state index contributed by atoms with van der Waals surface area (Å²) < 4.78 is 7.32. The van der Waals surface area contributed by atoms with E-state index in [9.17, 15) is 4.79 Å². The van der Waals surface area contributed by atoms with Gasteiger partial charge in [0.15, 0.2) is 0 Å². The number of nitrogen functional groups attached to an aromatic ring is 1. The predicted molar refractivity (Wildman–Crippen MR) is 125 cm³/mol. The molecule has 8 heteroatoms. The zero-order chi connectivity index (χ0) is 22.8. The van der Waals surface area contributed by atoms with Gasteiger partial charge in [-0.1, -0.05) is 71.8 Å². The second kappa shape index (κ2) is 8.58. The monoisotopic (exact) mass is 438 g/mol. The topological polar surface area (TPSA) is 108 Å². The summed E-state index contributed by atoms with van der Waals surface area (Å²) in [6.07, 6.45) is 0. The number of anilines is 2. The Bertz CT molecular complexity index is 1350. The van der Waals surface area contributed by atoms with Gasteiger partial charge in [-0.15, -0.1) is 0 Å². The fraction of sp³-hybridized carbons (Fsp3) is 0.120. The summed E-state index contributed by atoms with van der Waals surface area (Å²) in [6.45, 7) is 2.00. The minimum absolute atomic E-state index is 0.169. The first kappa shape index (κ1) is 20.4. The summed E-state index contributed by atoms with van der Waals surface area (Å²) in [6, 6.07) is 24.5. The van der Waals surface area contributed by atoms with Crippen LogP contribution in [0.2, 0.25) is 0 Å². The summed E-state index contributed by atoms with van der Waals surface area (Å²) in [5.74, 6) is 0.0249. The first-order chi connectivity index (χ1) is 16.1. The Balaban J connectivity index is 1.58. The summed E-state index contributed by atoms with van der Waals surface area (Å²) in [5, 5.41) is 15.2. The number of carbonyl (C=O) groups is 1. The van der Waals surface area contributed by atoms with E-state index in [2.05, 4.69) is 20.8 Å². The lowest BCUT2D eigenvalue weighted by molar-refractivity contribution is -0.140. The molecular weight excluding hydrogens is 416 g/mol. The van der Waals surface area contributed by atoms with Crippen molar-refractivity contribution in [2.75, 3.05) is 11.1 Å². The van der Waals surface area contributed by atoms with E-state index < -0.39 is 12.0 Å². The van der Waals surface area contributed by atoms with E-state index in [0.29, 0.717) is 22.9 Å². The molecule has 0 radical (unpaired) electrons. The van der Waals surface area contributed by atoms with Crippen molar-refractivity contribution in [3.8, 4) is 11.1 Å². The smallest absolute Gasteiger partial charge is 0.338 e. The van der Waals surface area contributed by atoms with Crippen LogP contribution in [-0.2, 0) is 16.1 Å². The number of nitrogens with one attached hydrogen (secondary N) is 1. The molecular formula is C25H22N6O2. The molecule has 164 valence electrons. The highest BCUT2D eigenvalue weighted by molar-refractivity contribution is 5.93. The lowest BCUT2D eigenvalue weighted by Gasteiger charge is -2.29. The van der Waals surface area contributed by atoms with E-state index >= 15 is 0 Å². The molecule has 0 fully saturated rings. The van der Waals surface area contributed by atoms with Crippen LogP contribution in [0, 0.1) is 0 Å². The van der Waals surface area contributed by atoms with E-state index in [4.69, 9.17) is 10.5 Å². The number of allylic oxidation sites excluding steroid dienone is 1. The van der Waals surface area contributed by atoms with Crippen LogP contribution in [0.1, 0.15) is 24.1 Å². The van der Waals surface area contributed by atoms with Crippen LogP contribution in [0.25, 0.3) is 11.1 Å². The maximum Gasteiger partial charge on any atom is 0.338 e. The quantitative estimate of drug-likeness (QED) is 0.359. The highest BCUT2D eigenvalue weighted by atomic mass is 16.5. The van der Waals surface area contributed by atoms with Crippen molar-refractivity contribution in [3.05, 3.63) is 101 Å². The number of hydrogen-bond acceptors (Lipinski definition) is 7. The molecule has 33 heavy (non-hydrogen) atoms. The number of aromatic nitrogens is 4. The number of ether oxygens (including phenoxy) is 1. The van der Waals surface area contributed by atoms with Crippen LogP contribution in [0.15, 0.2) is 90.1 Å². The summed E-state index contributed by atoms with van der Waals surface area (Å²) >= 11 is 0. The van der Waals surface area contributed by atoms with E-state index in [1.54, 1.807) is 4.68 Å². The molecule has 0 saturated carbocycles. The molecule has 1 aliphatic heterocycles. The number of benzene rings is 3. The third-order valence-corrected chi connectivity index (χ3v) is 5.60. The molecule has 1 aromatic heterocycles. The molecule has 1 atom stereocenters. The number of hydrogen-bond donors (Lipinski definition) is 2. The highest BCUT2D eigenvalue weighted by Gasteiger charge is 2.36.